The van der Waals surface area contributed by atoms with E-state index >= 15 is 0 Å². The Labute approximate surface area is 266 Å². The molecule has 0 amide bonds. The summed E-state index contributed by atoms with van der Waals surface area (Å²) in [6.45, 7) is 1.54. The third-order valence-electron chi connectivity index (χ3n) is 9.52. The summed E-state index contributed by atoms with van der Waals surface area (Å²) in [6, 6.07) is -2.15. The molecule has 0 aromatic carbocycles. The van der Waals surface area contributed by atoms with E-state index in [2.05, 4.69) is 5.32 Å². The average molecular weight is 657 g/mol. The van der Waals surface area contributed by atoms with Gasteiger partial charge in [0.15, 0.2) is 12.6 Å². The molecule has 0 bridgehead atoms. The zero-order valence-corrected chi connectivity index (χ0v) is 28.2. The highest BCUT2D eigenvalue weighted by Gasteiger charge is 2.60. The Morgan fingerprint density at radius 1 is 0.667 bits per heavy atom. The largest absolute Gasteiger partial charge is 0.396 e. The second kappa shape index (κ2) is 17.7. The van der Waals surface area contributed by atoms with Gasteiger partial charge in [-0.1, -0.05) is 0 Å². The highest BCUT2D eigenvalue weighted by atomic mass is 16.8. The zero-order chi connectivity index (χ0) is 33.5. The maximum absolute atomic E-state index is 11.8. The normalized spacial score (nSPS) is 45.9. The van der Waals surface area contributed by atoms with Crippen molar-refractivity contribution in [3.8, 4) is 0 Å². The van der Waals surface area contributed by atoms with Gasteiger partial charge in [-0.15, -0.1) is 0 Å². The van der Waals surface area contributed by atoms with Gasteiger partial charge in [0, 0.05) is 69.9 Å². The molecule has 7 unspecified atom stereocenters. The van der Waals surface area contributed by atoms with Crippen molar-refractivity contribution in [3.05, 3.63) is 0 Å². The summed E-state index contributed by atoms with van der Waals surface area (Å²) >= 11 is 0. The van der Waals surface area contributed by atoms with Gasteiger partial charge < -0.3 is 78.1 Å². The van der Waals surface area contributed by atoms with Gasteiger partial charge in [-0.05, 0) is 6.92 Å². The van der Waals surface area contributed by atoms with Gasteiger partial charge in [0.2, 0.25) is 0 Å². The summed E-state index contributed by atoms with van der Waals surface area (Å²) in [6.07, 6.45) is -7.40. The Hall–Kier alpha value is -0.640. The summed E-state index contributed by atoms with van der Waals surface area (Å²) in [7, 11) is 13.8. The second-order valence-electron chi connectivity index (χ2n) is 11.7. The molecule has 2 heterocycles. The fraction of sp³-hybridized carbons (Fsp3) is 1.00. The molecule has 0 aromatic heterocycles. The minimum Gasteiger partial charge on any atom is -0.396 e. The van der Waals surface area contributed by atoms with Gasteiger partial charge in [0.25, 0.3) is 0 Å². The van der Waals surface area contributed by atoms with Crippen molar-refractivity contribution >= 4 is 0 Å². The predicted octanol–water partition coefficient (Wildman–Crippen LogP) is -2.12. The molecule has 1 saturated carbocycles. The summed E-state index contributed by atoms with van der Waals surface area (Å²) in [5, 5.41) is 25.6. The van der Waals surface area contributed by atoms with Crippen molar-refractivity contribution in [2.45, 2.75) is 98.2 Å². The van der Waals surface area contributed by atoms with E-state index in [0.717, 1.165) is 0 Å². The molecule has 45 heavy (non-hydrogen) atoms. The quantitative estimate of drug-likeness (QED) is 0.141. The lowest BCUT2D eigenvalue weighted by Gasteiger charge is -2.55. The third-order valence-corrected chi connectivity index (χ3v) is 9.52. The summed E-state index contributed by atoms with van der Waals surface area (Å²) in [4.78, 5) is 0. The number of rotatable bonds is 16. The number of aliphatic hydroxyl groups is 2. The van der Waals surface area contributed by atoms with Crippen LogP contribution >= 0.6 is 0 Å². The van der Waals surface area contributed by atoms with Crippen LogP contribution in [0, 0.1) is 5.92 Å². The summed E-state index contributed by atoms with van der Waals surface area (Å²) in [5.41, 5.74) is 5.10. The van der Waals surface area contributed by atoms with E-state index in [9.17, 15) is 10.2 Å². The Kier molecular flexibility index (Phi) is 15.2. The zero-order valence-electron chi connectivity index (χ0n) is 28.2. The van der Waals surface area contributed by atoms with Crippen LogP contribution in [0.25, 0.3) is 0 Å². The van der Waals surface area contributed by atoms with Crippen LogP contribution in [-0.4, -0.2) is 185 Å². The maximum atomic E-state index is 11.8. The van der Waals surface area contributed by atoms with Crippen molar-refractivity contribution in [2.24, 2.45) is 11.7 Å². The topological polar surface area (TPSA) is 189 Å². The van der Waals surface area contributed by atoms with Crippen LogP contribution in [0.1, 0.15) is 6.92 Å². The molecule has 0 radical (unpaired) electrons. The molecule has 0 spiro atoms. The van der Waals surface area contributed by atoms with Crippen molar-refractivity contribution in [3.63, 3.8) is 0 Å². The maximum Gasteiger partial charge on any atom is 0.187 e. The van der Waals surface area contributed by atoms with E-state index in [1.54, 1.807) is 28.4 Å². The number of hydrogen-bond acceptors (Lipinski definition) is 16. The lowest BCUT2D eigenvalue weighted by molar-refractivity contribution is -0.355. The highest BCUT2D eigenvalue weighted by Crippen LogP contribution is 2.39. The molecule has 16 nitrogen and oxygen atoms in total. The highest BCUT2D eigenvalue weighted by molar-refractivity contribution is 5.14. The number of methoxy groups -OCH3 is 9. The van der Waals surface area contributed by atoms with Crippen molar-refractivity contribution < 1.29 is 67.1 Å². The molecule has 3 rings (SSSR count). The van der Waals surface area contributed by atoms with E-state index in [1.807, 2.05) is 6.92 Å². The smallest absolute Gasteiger partial charge is 0.187 e. The predicted molar refractivity (Wildman–Crippen MR) is 158 cm³/mol. The molecule has 1 aliphatic carbocycles. The van der Waals surface area contributed by atoms with E-state index in [1.165, 1.54) is 35.5 Å². The number of nitrogens with one attached hydrogen (secondary N) is 1. The van der Waals surface area contributed by atoms with Gasteiger partial charge in [-0.2, -0.15) is 0 Å². The molecule has 266 valence electrons. The Bertz CT molecular complexity index is 864. The number of ether oxygens (including phenoxy) is 12. The van der Waals surface area contributed by atoms with E-state index < -0.39 is 97.2 Å². The van der Waals surface area contributed by atoms with Crippen LogP contribution in [0.3, 0.4) is 0 Å². The van der Waals surface area contributed by atoms with Crippen LogP contribution < -0.4 is 11.1 Å². The van der Waals surface area contributed by atoms with Crippen molar-refractivity contribution in [1.29, 1.82) is 0 Å². The molecule has 3 fully saturated rings. The fourth-order valence-corrected chi connectivity index (χ4v) is 7.24. The molecule has 16 heteroatoms. The Balaban J connectivity index is 1.92. The van der Waals surface area contributed by atoms with Crippen LogP contribution in [-0.2, 0) is 56.8 Å². The van der Waals surface area contributed by atoms with Crippen LogP contribution in [0.5, 0.6) is 0 Å². The molecular formula is C29H56N2O14. The first-order valence-corrected chi connectivity index (χ1v) is 15.1. The lowest BCUT2D eigenvalue weighted by Crippen LogP contribution is -2.79. The van der Waals surface area contributed by atoms with E-state index in [4.69, 9.17) is 62.6 Å². The van der Waals surface area contributed by atoms with Gasteiger partial charge in [0.05, 0.1) is 50.2 Å². The van der Waals surface area contributed by atoms with Crippen molar-refractivity contribution in [1.82, 2.24) is 5.32 Å². The standard InChI is InChI=1S/C29H56N2O14/c1-14-17(31-18-22(38-6)19(36-4)15(11-32)29(33,13-35-3)26(18)30)21(37-5)24(40-8)28(43-14)45-20-16(12-34-2)44-27(42-10)25(41-9)23(20)39-7/h14-28,31-33H,11-13,30H2,1-10H3/t14?,15-,16?,17+,18+,19-,20+,21-,22?,23-,24?,25?,26?,27-,28+,29?/m1/s1. The average Bonchev–Trinajstić information content (AvgIpc) is 3.04. The minimum absolute atomic E-state index is 0.131. The van der Waals surface area contributed by atoms with Gasteiger partial charge in [-0.25, -0.2) is 0 Å². The molecule has 16 atom stereocenters. The minimum atomic E-state index is -1.64. The van der Waals surface area contributed by atoms with Gasteiger partial charge in [0.1, 0.15) is 48.3 Å². The number of aliphatic hydroxyl groups excluding tert-OH is 1. The first kappa shape index (κ1) is 38.8. The van der Waals surface area contributed by atoms with E-state index in [0.29, 0.717) is 0 Å². The molecule has 5 N–H and O–H groups in total. The first-order chi connectivity index (χ1) is 21.6. The Morgan fingerprint density at radius 3 is 1.71 bits per heavy atom. The molecule has 3 aliphatic rings. The van der Waals surface area contributed by atoms with Crippen LogP contribution in [0.4, 0.5) is 0 Å². The summed E-state index contributed by atoms with van der Waals surface area (Å²) in [5.74, 6) is -0.775. The number of hydrogen-bond donors (Lipinski definition) is 4. The monoisotopic (exact) mass is 656 g/mol. The molecule has 0 aromatic rings. The third kappa shape index (κ3) is 7.67. The van der Waals surface area contributed by atoms with Gasteiger partial charge in [-0.3, -0.25) is 0 Å². The first-order valence-electron chi connectivity index (χ1n) is 15.1. The van der Waals surface area contributed by atoms with E-state index in [-0.39, 0.29) is 19.8 Å². The van der Waals surface area contributed by atoms with Gasteiger partial charge >= 0.3 is 0 Å². The lowest BCUT2D eigenvalue weighted by atomic mass is 9.67. The molecular weight excluding hydrogens is 600 g/mol. The fourth-order valence-electron chi connectivity index (χ4n) is 7.24. The van der Waals surface area contributed by atoms with Crippen molar-refractivity contribution in [2.75, 3.05) is 83.8 Å². The molecule has 2 saturated heterocycles. The van der Waals surface area contributed by atoms with Crippen LogP contribution in [0.2, 0.25) is 0 Å². The Morgan fingerprint density at radius 2 is 1.22 bits per heavy atom. The SMILES string of the molecule is COCC1O[C@@H](OC)C(OC)[C@H](OC)[C@H]1O[C@@H]1OC(C)[C@H](N[C@H]2C(OC)[C@H](OC)[C@@H](CO)C(O)(COC)C2N)[C@@H](OC)C1OC. The second-order valence-corrected chi connectivity index (χ2v) is 11.7. The number of nitrogens with two attached hydrogens (primary N) is 1. The summed E-state index contributed by atoms with van der Waals surface area (Å²) < 4.78 is 70.6. The molecule has 2 aliphatic heterocycles. The van der Waals surface area contributed by atoms with Crippen LogP contribution in [0.15, 0.2) is 0 Å².